The van der Waals surface area contributed by atoms with E-state index in [1.54, 1.807) is 12.1 Å². The van der Waals surface area contributed by atoms with Gasteiger partial charge in [-0.3, -0.25) is 4.79 Å². The number of aryl methyl sites for hydroxylation is 1. The van der Waals surface area contributed by atoms with E-state index >= 15 is 0 Å². The first-order valence-corrected chi connectivity index (χ1v) is 7.09. The number of carboxylic acid groups (broad SMARTS) is 1. The van der Waals surface area contributed by atoms with Crippen molar-refractivity contribution in [1.29, 1.82) is 0 Å². The van der Waals surface area contributed by atoms with Crippen molar-refractivity contribution in [1.82, 2.24) is 5.32 Å². The quantitative estimate of drug-likeness (QED) is 0.790. The summed E-state index contributed by atoms with van der Waals surface area (Å²) in [6.07, 6.45) is 2.98. The summed E-state index contributed by atoms with van der Waals surface area (Å²) in [5.41, 5.74) is 0. The van der Waals surface area contributed by atoms with Gasteiger partial charge in [0.25, 0.3) is 5.91 Å². The molecule has 0 aliphatic rings. The topological polar surface area (TPSA) is 79.5 Å². The molecule has 1 aromatic heterocycles. The molecule has 1 amide bonds. The summed E-state index contributed by atoms with van der Waals surface area (Å²) in [4.78, 5) is 22.8. The molecule has 1 aromatic rings. The highest BCUT2D eigenvalue weighted by Gasteiger charge is 2.21. The van der Waals surface area contributed by atoms with Gasteiger partial charge in [0.05, 0.1) is 0 Å². The van der Waals surface area contributed by atoms with Gasteiger partial charge in [-0.05, 0) is 30.6 Å². The SMILES string of the molecule is CCc1ccc(C(=O)NC(CCSC)C(=O)O)o1. The normalized spacial score (nSPS) is 12.1. The van der Waals surface area contributed by atoms with Crippen LogP contribution in [0, 0.1) is 0 Å². The molecule has 1 atom stereocenters. The van der Waals surface area contributed by atoms with Crippen LogP contribution < -0.4 is 5.32 Å². The summed E-state index contributed by atoms with van der Waals surface area (Å²) in [6.45, 7) is 1.92. The van der Waals surface area contributed by atoms with E-state index < -0.39 is 17.9 Å². The summed E-state index contributed by atoms with van der Waals surface area (Å²) in [5.74, 6) is 0.0246. The van der Waals surface area contributed by atoms with Crippen molar-refractivity contribution in [3.05, 3.63) is 23.7 Å². The number of thioether (sulfide) groups is 1. The number of rotatable bonds is 7. The average Bonchev–Trinajstić information content (AvgIpc) is 2.82. The van der Waals surface area contributed by atoms with Crippen LogP contribution in [0.15, 0.2) is 16.5 Å². The Morgan fingerprint density at radius 3 is 2.72 bits per heavy atom. The van der Waals surface area contributed by atoms with E-state index in [1.165, 1.54) is 11.8 Å². The predicted molar refractivity (Wildman–Crippen MR) is 70.0 cm³/mol. The molecule has 0 radical (unpaired) electrons. The van der Waals surface area contributed by atoms with Gasteiger partial charge >= 0.3 is 5.97 Å². The molecule has 0 saturated heterocycles. The fourth-order valence-corrected chi connectivity index (χ4v) is 1.88. The number of amides is 1. The zero-order valence-electron chi connectivity index (χ0n) is 10.4. The number of carboxylic acids is 1. The van der Waals surface area contributed by atoms with Crippen LogP contribution >= 0.6 is 11.8 Å². The van der Waals surface area contributed by atoms with Crippen molar-refractivity contribution in [2.24, 2.45) is 0 Å². The zero-order chi connectivity index (χ0) is 13.5. The third-order valence-electron chi connectivity index (χ3n) is 2.45. The average molecular weight is 271 g/mol. The molecular weight excluding hydrogens is 254 g/mol. The molecule has 0 aromatic carbocycles. The van der Waals surface area contributed by atoms with E-state index in [1.807, 2.05) is 13.2 Å². The van der Waals surface area contributed by atoms with Crippen molar-refractivity contribution >= 4 is 23.6 Å². The highest BCUT2D eigenvalue weighted by atomic mass is 32.2. The Hall–Kier alpha value is -1.43. The molecule has 5 nitrogen and oxygen atoms in total. The van der Waals surface area contributed by atoms with Crippen LogP contribution in [-0.4, -0.2) is 35.0 Å². The van der Waals surface area contributed by atoms with E-state index in [0.29, 0.717) is 24.4 Å². The minimum atomic E-state index is -1.03. The summed E-state index contributed by atoms with van der Waals surface area (Å²) >= 11 is 1.54. The lowest BCUT2D eigenvalue weighted by atomic mass is 10.2. The summed E-state index contributed by atoms with van der Waals surface area (Å²) in [5, 5.41) is 11.5. The molecule has 0 bridgehead atoms. The molecule has 0 fully saturated rings. The molecule has 1 rings (SSSR count). The molecule has 1 heterocycles. The molecule has 0 aliphatic heterocycles. The van der Waals surface area contributed by atoms with Gasteiger partial charge in [0, 0.05) is 6.42 Å². The van der Waals surface area contributed by atoms with Crippen LogP contribution in [0.5, 0.6) is 0 Å². The van der Waals surface area contributed by atoms with E-state index in [2.05, 4.69) is 5.32 Å². The zero-order valence-corrected chi connectivity index (χ0v) is 11.3. The van der Waals surface area contributed by atoms with Crippen LogP contribution in [0.25, 0.3) is 0 Å². The van der Waals surface area contributed by atoms with Crippen LogP contribution in [0.2, 0.25) is 0 Å². The first kappa shape index (κ1) is 14.6. The Labute approximate surface area is 110 Å². The number of nitrogens with one attached hydrogen (secondary N) is 1. The van der Waals surface area contributed by atoms with Crippen LogP contribution in [0.1, 0.15) is 29.7 Å². The lowest BCUT2D eigenvalue weighted by molar-refractivity contribution is -0.139. The second kappa shape index (κ2) is 7.10. The monoisotopic (exact) mass is 271 g/mol. The highest BCUT2D eigenvalue weighted by Crippen LogP contribution is 2.09. The van der Waals surface area contributed by atoms with Gasteiger partial charge in [-0.2, -0.15) is 11.8 Å². The van der Waals surface area contributed by atoms with Crippen molar-refractivity contribution < 1.29 is 19.1 Å². The van der Waals surface area contributed by atoms with Crippen molar-refractivity contribution in [2.45, 2.75) is 25.8 Å². The number of carbonyl (C=O) groups is 2. The van der Waals surface area contributed by atoms with Gasteiger partial charge in [0.15, 0.2) is 5.76 Å². The molecule has 18 heavy (non-hydrogen) atoms. The van der Waals surface area contributed by atoms with Crippen molar-refractivity contribution in [2.75, 3.05) is 12.0 Å². The first-order chi connectivity index (χ1) is 8.58. The lowest BCUT2D eigenvalue weighted by Gasteiger charge is -2.12. The van der Waals surface area contributed by atoms with Gasteiger partial charge in [-0.15, -0.1) is 0 Å². The Balaban J connectivity index is 2.62. The summed E-state index contributed by atoms with van der Waals surface area (Å²) in [6, 6.07) is 2.40. The maximum absolute atomic E-state index is 11.8. The van der Waals surface area contributed by atoms with Gasteiger partial charge < -0.3 is 14.8 Å². The Morgan fingerprint density at radius 1 is 1.50 bits per heavy atom. The summed E-state index contributed by atoms with van der Waals surface area (Å²) in [7, 11) is 0. The smallest absolute Gasteiger partial charge is 0.326 e. The van der Waals surface area contributed by atoms with Gasteiger partial charge in [-0.1, -0.05) is 6.92 Å². The van der Waals surface area contributed by atoms with Crippen molar-refractivity contribution in [3.8, 4) is 0 Å². The van der Waals surface area contributed by atoms with E-state index in [-0.39, 0.29) is 5.76 Å². The fraction of sp³-hybridized carbons (Fsp3) is 0.500. The molecule has 1 unspecified atom stereocenters. The third kappa shape index (κ3) is 4.10. The molecule has 6 heteroatoms. The highest BCUT2D eigenvalue weighted by molar-refractivity contribution is 7.98. The van der Waals surface area contributed by atoms with Crippen molar-refractivity contribution in [3.63, 3.8) is 0 Å². The number of furan rings is 1. The van der Waals surface area contributed by atoms with E-state index in [9.17, 15) is 9.59 Å². The number of aliphatic carboxylic acids is 1. The molecule has 2 N–H and O–H groups in total. The largest absolute Gasteiger partial charge is 0.480 e. The minimum absolute atomic E-state index is 0.155. The molecule has 100 valence electrons. The lowest BCUT2D eigenvalue weighted by Crippen LogP contribution is -2.41. The molecule has 0 spiro atoms. The number of carbonyl (C=O) groups excluding carboxylic acids is 1. The molecule has 0 aliphatic carbocycles. The Kier molecular flexibility index (Phi) is 5.77. The number of hydrogen-bond donors (Lipinski definition) is 2. The van der Waals surface area contributed by atoms with Crippen LogP contribution in [0.3, 0.4) is 0 Å². The Bertz CT molecular complexity index is 416. The first-order valence-electron chi connectivity index (χ1n) is 5.69. The van der Waals surface area contributed by atoms with E-state index in [0.717, 1.165) is 0 Å². The maximum atomic E-state index is 11.8. The fourth-order valence-electron chi connectivity index (χ4n) is 1.41. The second-order valence-electron chi connectivity index (χ2n) is 3.77. The van der Waals surface area contributed by atoms with Crippen LogP contribution in [0.4, 0.5) is 0 Å². The standard InChI is InChI=1S/C12H17NO4S/c1-3-8-4-5-10(17-8)11(14)13-9(12(15)16)6-7-18-2/h4-5,9H,3,6-7H2,1-2H3,(H,13,14)(H,15,16). The summed E-state index contributed by atoms with van der Waals surface area (Å²) < 4.78 is 5.27. The third-order valence-corrected chi connectivity index (χ3v) is 3.09. The predicted octanol–water partition coefficient (Wildman–Crippen LogP) is 1.78. The second-order valence-corrected chi connectivity index (χ2v) is 4.75. The van der Waals surface area contributed by atoms with Gasteiger partial charge in [0.2, 0.25) is 0 Å². The van der Waals surface area contributed by atoms with Gasteiger partial charge in [-0.25, -0.2) is 4.79 Å². The Morgan fingerprint density at radius 2 is 2.22 bits per heavy atom. The molecular formula is C12H17NO4S. The maximum Gasteiger partial charge on any atom is 0.326 e. The molecule has 0 saturated carbocycles. The minimum Gasteiger partial charge on any atom is -0.480 e. The number of hydrogen-bond acceptors (Lipinski definition) is 4. The van der Waals surface area contributed by atoms with Gasteiger partial charge in [0.1, 0.15) is 11.8 Å². The van der Waals surface area contributed by atoms with Crippen LogP contribution in [-0.2, 0) is 11.2 Å². The van der Waals surface area contributed by atoms with E-state index in [4.69, 9.17) is 9.52 Å².